The van der Waals surface area contributed by atoms with E-state index in [1.165, 1.54) is 83.1 Å². The average Bonchev–Trinajstić information content (AvgIpc) is 3.53. The van der Waals surface area contributed by atoms with Gasteiger partial charge in [0.2, 0.25) is 0 Å². The molecule has 0 atom stereocenters. The molecule has 1 nitrogen and oxygen atoms in total. The van der Waals surface area contributed by atoms with Gasteiger partial charge in [0.05, 0.1) is 11.0 Å². The molecule has 1 heteroatoms. The maximum atomic E-state index is 2.54. The maximum Gasteiger partial charge on any atom is 0.0544 e. The summed E-state index contributed by atoms with van der Waals surface area (Å²) in [6.07, 6.45) is 2.12. The van der Waals surface area contributed by atoms with E-state index in [9.17, 15) is 0 Å². The van der Waals surface area contributed by atoms with Crippen molar-refractivity contribution in [3.63, 3.8) is 0 Å². The van der Waals surface area contributed by atoms with Crippen LogP contribution in [0.2, 0.25) is 0 Å². The first-order chi connectivity index (χ1) is 25.7. The lowest BCUT2D eigenvalue weighted by atomic mass is 9.61. The summed E-state index contributed by atoms with van der Waals surface area (Å²) in [5.74, 6) is 0. The van der Waals surface area contributed by atoms with Crippen LogP contribution in [-0.2, 0) is 11.8 Å². The van der Waals surface area contributed by atoms with Gasteiger partial charge in [-0.2, -0.15) is 0 Å². The Hall–Kier alpha value is -5.66. The predicted molar refractivity (Wildman–Crippen MR) is 229 cm³/mol. The largest absolute Gasteiger partial charge is 0.309 e. The predicted octanol–water partition coefficient (Wildman–Crippen LogP) is 14.7. The Kier molecular flexibility index (Phi) is 8.91. The fourth-order valence-corrected chi connectivity index (χ4v) is 8.09. The zero-order valence-electron chi connectivity index (χ0n) is 31.9. The van der Waals surface area contributed by atoms with Gasteiger partial charge in [-0.05, 0) is 134 Å². The molecule has 0 bridgehead atoms. The zero-order valence-corrected chi connectivity index (χ0v) is 31.9. The first-order valence-electron chi connectivity index (χ1n) is 19.2. The molecule has 8 aromatic rings. The van der Waals surface area contributed by atoms with Crippen LogP contribution in [0.15, 0.2) is 164 Å². The number of fused-ring (bicyclic) bond motifs is 3. The van der Waals surface area contributed by atoms with Crippen LogP contribution in [0.4, 0.5) is 0 Å². The molecule has 53 heavy (non-hydrogen) atoms. The van der Waals surface area contributed by atoms with Gasteiger partial charge in [-0.3, -0.25) is 0 Å². The second-order valence-electron chi connectivity index (χ2n) is 15.8. The molecule has 1 aromatic heterocycles. The van der Waals surface area contributed by atoms with Crippen LogP contribution in [0, 0.1) is 5.41 Å². The van der Waals surface area contributed by atoms with E-state index in [1.54, 1.807) is 0 Å². The summed E-state index contributed by atoms with van der Waals surface area (Å²) < 4.78 is 2.46. The minimum Gasteiger partial charge on any atom is -0.309 e. The number of benzene rings is 7. The third-order valence-corrected chi connectivity index (χ3v) is 12.3. The number of hydrogen-bond acceptors (Lipinski definition) is 0. The van der Waals surface area contributed by atoms with Gasteiger partial charge in [0.15, 0.2) is 0 Å². The van der Waals surface area contributed by atoms with Crippen LogP contribution < -0.4 is 0 Å². The summed E-state index contributed by atoms with van der Waals surface area (Å²) >= 11 is 0. The summed E-state index contributed by atoms with van der Waals surface area (Å²) in [4.78, 5) is 0. The Morgan fingerprint density at radius 2 is 0.887 bits per heavy atom. The van der Waals surface area contributed by atoms with Crippen LogP contribution in [-0.4, -0.2) is 4.57 Å². The molecular formula is C52H49N. The van der Waals surface area contributed by atoms with Gasteiger partial charge in [-0.1, -0.05) is 151 Å². The van der Waals surface area contributed by atoms with Crippen molar-refractivity contribution >= 4 is 21.8 Å². The minimum atomic E-state index is 0.00128. The van der Waals surface area contributed by atoms with Crippen molar-refractivity contribution in [1.82, 2.24) is 4.57 Å². The molecule has 1 heterocycles. The number of nitrogens with zero attached hydrogens (tertiary/aromatic N) is 1. The molecule has 0 aliphatic heterocycles. The van der Waals surface area contributed by atoms with E-state index in [4.69, 9.17) is 0 Å². The van der Waals surface area contributed by atoms with E-state index in [2.05, 4.69) is 210 Å². The minimum absolute atomic E-state index is 0.00128. The fourth-order valence-electron chi connectivity index (χ4n) is 8.09. The number of para-hydroxylation sites is 1. The van der Waals surface area contributed by atoms with E-state index < -0.39 is 0 Å². The van der Waals surface area contributed by atoms with Gasteiger partial charge in [-0.15, -0.1) is 0 Å². The number of aryl methyl sites for hydroxylation is 1. The van der Waals surface area contributed by atoms with Crippen LogP contribution in [0.5, 0.6) is 0 Å². The van der Waals surface area contributed by atoms with Crippen molar-refractivity contribution in [1.29, 1.82) is 0 Å². The number of aromatic nitrogens is 1. The summed E-state index contributed by atoms with van der Waals surface area (Å²) in [6, 6.07) is 60.4. The molecule has 0 saturated carbocycles. The lowest BCUT2D eigenvalue weighted by Crippen LogP contribution is -2.36. The Morgan fingerprint density at radius 1 is 0.415 bits per heavy atom. The molecule has 262 valence electrons. The molecule has 0 aliphatic carbocycles. The zero-order chi connectivity index (χ0) is 36.7. The highest BCUT2D eigenvalue weighted by Crippen LogP contribution is 2.47. The Bertz CT molecular complexity index is 2490. The Morgan fingerprint density at radius 3 is 1.45 bits per heavy atom. The van der Waals surface area contributed by atoms with Crippen LogP contribution in [0.25, 0.3) is 72.0 Å². The van der Waals surface area contributed by atoms with E-state index in [0.29, 0.717) is 0 Å². The molecule has 0 radical (unpaired) electrons. The molecule has 0 amide bonds. The molecule has 0 N–H and O–H groups in total. The lowest BCUT2D eigenvalue weighted by Gasteiger charge is -2.43. The fraction of sp³-hybridized carbons (Fsp3) is 0.192. The summed E-state index contributed by atoms with van der Waals surface area (Å²) in [6.45, 7) is 14.4. The average molecular weight is 688 g/mol. The topological polar surface area (TPSA) is 4.93 Å². The first-order valence-corrected chi connectivity index (χ1v) is 19.2. The van der Waals surface area contributed by atoms with Gasteiger partial charge < -0.3 is 4.57 Å². The van der Waals surface area contributed by atoms with Crippen molar-refractivity contribution < 1.29 is 0 Å². The van der Waals surface area contributed by atoms with Gasteiger partial charge >= 0.3 is 0 Å². The van der Waals surface area contributed by atoms with Crippen LogP contribution >= 0.6 is 0 Å². The highest BCUT2D eigenvalue weighted by Gasteiger charge is 2.38. The molecule has 0 saturated heterocycles. The van der Waals surface area contributed by atoms with Gasteiger partial charge in [0.1, 0.15) is 0 Å². The van der Waals surface area contributed by atoms with Crippen LogP contribution in [0.3, 0.4) is 0 Å². The van der Waals surface area contributed by atoms with Gasteiger partial charge in [0.25, 0.3) is 0 Å². The third kappa shape index (κ3) is 6.19. The molecule has 0 spiro atoms. The Balaban J connectivity index is 1.31. The quantitative estimate of drug-likeness (QED) is 0.142. The third-order valence-electron chi connectivity index (χ3n) is 12.3. The van der Waals surface area contributed by atoms with Crippen LogP contribution in [0.1, 0.15) is 59.1 Å². The highest BCUT2D eigenvalue weighted by atomic mass is 15.0. The maximum absolute atomic E-state index is 2.54. The second kappa shape index (κ2) is 13.7. The standard InChI is InChI=1S/C52H49N/c1-7-36-34-50-47(35-48(36)52(5,6)51(3,4)8-2)46-33-41(27-28-49(46)53(50)45-25-16-11-17-26-45)39-23-18-24-40(29-39)44-31-42(37-19-12-9-13-20-37)30-43(32-44)38-21-14-10-15-22-38/h9-35H,7-8H2,1-6H3. The summed E-state index contributed by atoms with van der Waals surface area (Å²) in [5, 5.41) is 2.61. The van der Waals surface area contributed by atoms with Gasteiger partial charge in [0, 0.05) is 16.5 Å². The van der Waals surface area contributed by atoms with Gasteiger partial charge in [-0.25, -0.2) is 0 Å². The molecule has 0 aliphatic rings. The van der Waals surface area contributed by atoms with Crippen molar-refractivity contribution in [2.75, 3.05) is 0 Å². The number of rotatable bonds is 9. The smallest absolute Gasteiger partial charge is 0.0544 e. The highest BCUT2D eigenvalue weighted by molar-refractivity contribution is 6.11. The van der Waals surface area contributed by atoms with Crippen molar-refractivity contribution in [3.8, 4) is 50.2 Å². The van der Waals surface area contributed by atoms with E-state index in [0.717, 1.165) is 12.8 Å². The Labute approximate surface area is 315 Å². The SMILES string of the molecule is CCc1cc2c(cc1C(C)(C)C(C)(C)CC)c1cc(-c3cccc(-c4cc(-c5ccccc5)cc(-c5ccccc5)c4)c3)ccc1n2-c1ccccc1. The summed E-state index contributed by atoms with van der Waals surface area (Å²) in [7, 11) is 0. The van der Waals surface area contributed by atoms with Crippen molar-refractivity contribution in [2.24, 2.45) is 5.41 Å². The molecule has 0 unspecified atom stereocenters. The van der Waals surface area contributed by atoms with E-state index in [-0.39, 0.29) is 10.8 Å². The second-order valence-corrected chi connectivity index (χ2v) is 15.8. The monoisotopic (exact) mass is 687 g/mol. The van der Waals surface area contributed by atoms with Crippen molar-refractivity contribution in [3.05, 3.63) is 175 Å². The molecule has 7 aromatic carbocycles. The lowest BCUT2D eigenvalue weighted by molar-refractivity contribution is 0.188. The molecular weight excluding hydrogens is 639 g/mol. The molecule has 8 rings (SSSR count). The summed E-state index contributed by atoms with van der Waals surface area (Å²) in [5.41, 5.74) is 16.5. The first kappa shape index (κ1) is 34.4. The van der Waals surface area contributed by atoms with E-state index >= 15 is 0 Å². The number of hydrogen-bond donors (Lipinski definition) is 0. The van der Waals surface area contributed by atoms with E-state index in [1.807, 2.05) is 0 Å². The molecule has 0 fully saturated rings. The normalized spacial score (nSPS) is 12.1. The van der Waals surface area contributed by atoms with Crippen molar-refractivity contribution in [2.45, 2.75) is 59.8 Å².